The first-order chi connectivity index (χ1) is 17.3. The number of nitrogens with zero attached hydrogens (tertiary/aromatic N) is 4. The molecule has 0 spiro atoms. The number of hydrogen-bond donors (Lipinski definition) is 1. The fourth-order valence-corrected chi connectivity index (χ4v) is 5.16. The lowest BCUT2D eigenvalue weighted by Crippen LogP contribution is -2.33. The topological polar surface area (TPSA) is 81.3 Å². The first kappa shape index (κ1) is 23.8. The predicted octanol–water partition coefficient (Wildman–Crippen LogP) is 5.01. The van der Waals surface area contributed by atoms with Crippen LogP contribution in [0.3, 0.4) is 0 Å². The minimum absolute atomic E-state index is 0.0970. The molecule has 0 radical (unpaired) electrons. The van der Waals surface area contributed by atoms with Crippen molar-refractivity contribution in [3.63, 3.8) is 0 Å². The molecule has 0 aliphatic rings. The van der Waals surface area contributed by atoms with E-state index in [0.717, 1.165) is 22.4 Å². The Bertz CT molecular complexity index is 1640. The zero-order valence-electron chi connectivity index (χ0n) is 20.6. The van der Waals surface area contributed by atoms with Gasteiger partial charge in [0.15, 0.2) is 5.16 Å². The van der Waals surface area contributed by atoms with Crippen LogP contribution in [0.1, 0.15) is 36.6 Å². The maximum Gasteiger partial charge on any atom is 0.267 e. The number of fused-ring (bicyclic) bond motifs is 3. The van der Waals surface area contributed by atoms with Crippen molar-refractivity contribution in [2.45, 2.75) is 44.1 Å². The van der Waals surface area contributed by atoms with Crippen molar-refractivity contribution in [3.05, 3.63) is 99.8 Å². The molecule has 2 unspecified atom stereocenters. The quantitative estimate of drug-likeness (QED) is 0.334. The predicted molar refractivity (Wildman–Crippen MR) is 144 cm³/mol. The first-order valence-electron chi connectivity index (χ1n) is 11.8. The third-order valence-corrected chi connectivity index (χ3v) is 7.35. The van der Waals surface area contributed by atoms with Crippen LogP contribution in [0.2, 0.25) is 0 Å². The summed E-state index contributed by atoms with van der Waals surface area (Å²) < 4.78 is 3.48. The lowest BCUT2D eigenvalue weighted by molar-refractivity contribution is -0.120. The smallest absolute Gasteiger partial charge is 0.267 e. The molecular weight excluding hydrogens is 470 g/mol. The Labute approximate surface area is 213 Å². The van der Waals surface area contributed by atoms with Crippen LogP contribution in [0.4, 0.5) is 0 Å². The summed E-state index contributed by atoms with van der Waals surface area (Å²) in [4.78, 5) is 26.6. The van der Waals surface area contributed by atoms with Gasteiger partial charge in [-0.05, 0) is 62.6 Å². The second kappa shape index (κ2) is 9.62. The number of carbonyl (C=O) groups excluding carboxylic acids is 1. The maximum absolute atomic E-state index is 13.6. The number of amides is 1. The van der Waals surface area contributed by atoms with Gasteiger partial charge in [-0.1, -0.05) is 66.4 Å². The van der Waals surface area contributed by atoms with Crippen molar-refractivity contribution in [1.82, 2.24) is 24.5 Å². The van der Waals surface area contributed by atoms with E-state index in [2.05, 4.69) is 15.5 Å². The van der Waals surface area contributed by atoms with Crippen LogP contribution in [0.5, 0.6) is 0 Å². The Morgan fingerprint density at radius 1 is 0.944 bits per heavy atom. The summed E-state index contributed by atoms with van der Waals surface area (Å²) in [5, 5.41) is 12.6. The fourth-order valence-electron chi connectivity index (χ4n) is 4.30. The third kappa shape index (κ3) is 4.28. The Balaban J connectivity index is 1.57. The summed E-state index contributed by atoms with van der Waals surface area (Å²) in [6.07, 6.45) is 0. The molecule has 0 aliphatic heterocycles. The second-order valence-electron chi connectivity index (χ2n) is 8.97. The van der Waals surface area contributed by atoms with Gasteiger partial charge in [-0.25, -0.2) is 4.57 Å². The van der Waals surface area contributed by atoms with E-state index in [1.54, 1.807) is 4.57 Å². The number of aromatic nitrogens is 4. The number of rotatable bonds is 6. The van der Waals surface area contributed by atoms with E-state index in [1.165, 1.54) is 11.8 Å². The molecule has 8 heteroatoms. The molecule has 0 saturated heterocycles. The molecule has 1 N–H and O–H groups in total. The van der Waals surface area contributed by atoms with Crippen LogP contribution < -0.4 is 10.9 Å². The van der Waals surface area contributed by atoms with Crippen molar-refractivity contribution >= 4 is 34.3 Å². The number of nitrogens with one attached hydrogen (secondary N) is 1. The maximum atomic E-state index is 13.6. The number of aryl methyl sites for hydroxylation is 2. The monoisotopic (exact) mass is 497 g/mol. The SMILES string of the molecule is Cc1ccc(C)c(-n2c(=O)c3ccccc3n3c(SC(C)C(=O)NC(C)c4ccccc4)nnc23)c1. The van der Waals surface area contributed by atoms with E-state index in [0.29, 0.717) is 21.8 Å². The van der Waals surface area contributed by atoms with Gasteiger partial charge in [0.05, 0.1) is 27.9 Å². The summed E-state index contributed by atoms with van der Waals surface area (Å²) >= 11 is 1.32. The minimum Gasteiger partial charge on any atom is -0.349 e. The molecule has 0 bridgehead atoms. The molecule has 0 saturated carbocycles. The molecule has 5 aromatic rings. The summed E-state index contributed by atoms with van der Waals surface area (Å²) in [6.45, 7) is 7.78. The van der Waals surface area contributed by atoms with Crippen LogP contribution in [0.25, 0.3) is 22.4 Å². The number of carbonyl (C=O) groups is 1. The zero-order chi connectivity index (χ0) is 25.4. The standard InChI is InChI=1S/C28H27N5O2S/c1-17-14-15-18(2)24(16-17)32-26(35)22-12-8-9-13-23(22)33-27(32)30-31-28(33)36-20(4)25(34)29-19(3)21-10-6-5-7-11-21/h5-16,19-20H,1-4H3,(H,29,34). The van der Waals surface area contributed by atoms with Gasteiger partial charge >= 0.3 is 0 Å². The summed E-state index contributed by atoms with van der Waals surface area (Å²) in [7, 11) is 0. The number of benzene rings is 3. The van der Waals surface area contributed by atoms with Gasteiger partial charge < -0.3 is 5.32 Å². The van der Waals surface area contributed by atoms with Gasteiger partial charge in [0.2, 0.25) is 11.7 Å². The normalized spacial score (nSPS) is 13.1. The van der Waals surface area contributed by atoms with E-state index in [-0.39, 0.29) is 17.5 Å². The van der Waals surface area contributed by atoms with E-state index in [9.17, 15) is 9.59 Å². The third-order valence-electron chi connectivity index (χ3n) is 6.31. The average Bonchev–Trinajstić information content (AvgIpc) is 3.29. The number of hydrogen-bond acceptors (Lipinski definition) is 5. The van der Waals surface area contributed by atoms with E-state index in [1.807, 2.05) is 105 Å². The molecule has 3 aromatic carbocycles. The molecule has 1 amide bonds. The molecule has 2 atom stereocenters. The number of thioether (sulfide) groups is 1. The highest BCUT2D eigenvalue weighted by atomic mass is 32.2. The largest absolute Gasteiger partial charge is 0.349 e. The van der Waals surface area contributed by atoms with Gasteiger partial charge in [0.1, 0.15) is 0 Å². The van der Waals surface area contributed by atoms with E-state index >= 15 is 0 Å². The van der Waals surface area contributed by atoms with Crippen molar-refractivity contribution in [2.75, 3.05) is 0 Å². The summed E-state index contributed by atoms with van der Waals surface area (Å²) in [6, 6.07) is 23.2. The molecule has 0 fully saturated rings. The van der Waals surface area contributed by atoms with E-state index in [4.69, 9.17) is 0 Å². The molecule has 5 rings (SSSR count). The van der Waals surface area contributed by atoms with Gasteiger partial charge in [-0.2, -0.15) is 0 Å². The van der Waals surface area contributed by atoms with Crippen LogP contribution in [-0.2, 0) is 4.79 Å². The molecule has 0 aliphatic carbocycles. The number of para-hydroxylation sites is 1. The average molecular weight is 498 g/mol. The highest BCUT2D eigenvalue weighted by Crippen LogP contribution is 2.27. The summed E-state index contributed by atoms with van der Waals surface area (Å²) in [5.41, 5.74) is 4.36. The van der Waals surface area contributed by atoms with Gasteiger partial charge in [0, 0.05) is 0 Å². The highest BCUT2D eigenvalue weighted by molar-refractivity contribution is 8.00. The molecule has 182 valence electrons. The van der Waals surface area contributed by atoms with Gasteiger partial charge in [-0.3, -0.25) is 14.0 Å². The molecule has 2 aromatic heterocycles. The van der Waals surface area contributed by atoms with Crippen LogP contribution >= 0.6 is 11.8 Å². The molecule has 2 heterocycles. The van der Waals surface area contributed by atoms with Crippen LogP contribution in [0.15, 0.2) is 82.7 Å². The Kier molecular flexibility index (Phi) is 6.36. The lowest BCUT2D eigenvalue weighted by Gasteiger charge is -2.17. The molecular formula is C28H27N5O2S. The molecule has 36 heavy (non-hydrogen) atoms. The van der Waals surface area contributed by atoms with E-state index < -0.39 is 5.25 Å². The van der Waals surface area contributed by atoms with Crippen molar-refractivity contribution in [3.8, 4) is 5.69 Å². The second-order valence-corrected chi connectivity index (χ2v) is 10.3. The van der Waals surface area contributed by atoms with Gasteiger partial charge in [0.25, 0.3) is 5.56 Å². The first-order valence-corrected chi connectivity index (χ1v) is 12.7. The van der Waals surface area contributed by atoms with Crippen LogP contribution in [0, 0.1) is 13.8 Å². The Morgan fingerprint density at radius 2 is 1.67 bits per heavy atom. The van der Waals surface area contributed by atoms with Gasteiger partial charge in [-0.15, -0.1) is 10.2 Å². The van der Waals surface area contributed by atoms with Crippen molar-refractivity contribution in [1.29, 1.82) is 0 Å². The van der Waals surface area contributed by atoms with Crippen LogP contribution in [-0.4, -0.2) is 30.3 Å². The molecule has 7 nitrogen and oxygen atoms in total. The Hall–Kier alpha value is -3.91. The highest BCUT2D eigenvalue weighted by Gasteiger charge is 2.23. The fraction of sp³-hybridized carbons (Fsp3) is 0.214. The Morgan fingerprint density at radius 3 is 2.44 bits per heavy atom. The zero-order valence-corrected chi connectivity index (χ0v) is 21.4. The van der Waals surface area contributed by atoms with Crippen molar-refractivity contribution < 1.29 is 4.79 Å². The van der Waals surface area contributed by atoms with Crippen molar-refractivity contribution in [2.24, 2.45) is 0 Å². The lowest BCUT2D eigenvalue weighted by atomic mass is 10.1. The summed E-state index contributed by atoms with van der Waals surface area (Å²) in [5.74, 6) is 0.320. The minimum atomic E-state index is -0.427.